The van der Waals surface area contributed by atoms with E-state index in [4.69, 9.17) is 0 Å². The summed E-state index contributed by atoms with van der Waals surface area (Å²) in [4.78, 5) is 43.8. The third-order valence-corrected chi connectivity index (χ3v) is 7.49. The van der Waals surface area contributed by atoms with Crippen LogP contribution in [0, 0.1) is 5.92 Å². The van der Waals surface area contributed by atoms with E-state index in [2.05, 4.69) is 20.5 Å². The van der Waals surface area contributed by atoms with Crippen molar-refractivity contribution in [2.75, 3.05) is 19.6 Å². The molecule has 3 N–H and O–H groups in total. The average molecular weight is 413 g/mol. The zero-order chi connectivity index (χ0) is 20.7. The standard InChI is InChI=1S/C23H32N4O3/c28-20(18-11-16-5-1-2-6-19(16)26-21(18)29)25-17-12-23(9-3-4-10-27(23)14-17)22(30)24-13-15-7-8-15/h11,15,17H,1-10,12-14H2,(H,24,30)(H,25,28)(H,26,29)/t17-,23-/m0/s1. The molecule has 2 saturated heterocycles. The largest absolute Gasteiger partial charge is 0.354 e. The zero-order valence-electron chi connectivity index (χ0n) is 17.6. The van der Waals surface area contributed by atoms with Crippen molar-refractivity contribution < 1.29 is 9.59 Å². The second-order valence-electron chi connectivity index (χ2n) is 9.69. The molecule has 0 radical (unpaired) electrons. The van der Waals surface area contributed by atoms with Gasteiger partial charge < -0.3 is 15.6 Å². The fourth-order valence-corrected chi connectivity index (χ4v) is 5.60. The number of aromatic nitrogens is 1. The highest BCUT2D eigenvalue weighted by Crippen LogP contribution is 2.38. The first-order valence-electron chi connectivity index (χ1n) is 11.6. The number of amides is 2. The van der Waals surface area contributed by atoms with E-state index in [1.165, 1.54) is 12.8 Å². The number of carbonyl (C=O) groups is 2. The molecule has 3 heterocycles. The molecule has 3 fully saturated rings. The predicted molar refractivity (Wildman–Crippen MR) is 113 cm³/mol. The molecule has 162 valence electrons. The highest BCUT2D eigenvalue weighted by molar-refractivity contribution is 5.94. The SMILES string of the molecule is O=C(N[C@@H]1CN2CCCC[C@@]2(C(=O)NCC2CC2)C1)c1cc2c([nH]c1=O)CCCC2. The lowest BCUT2D eigenvalue weighted by Crippen LogP contribution is -2.57. The van der Waals surface area contributed by atoms with Gasteiger partial charge in [0.25, 0.3) is 11.5 Å². The number of aromatic amines is 1. The summed E-state index contributed by atoms with van der Waals surface area (Å²) in [5.41, 5.74) is 1.46. The number of aryl methyl sites for hydroxylation is 2. The van der Waals surface area contributed by atoms with Crippen molar-refractivity contribution in [2.24, 2.45) is 5.92 Å². The van der Waals surface area contributed by atoms with Gasteiger partial charge in [0.05, 0.1) is 0 Å². The van der Waals surface area contributed by atoms with Crippen LogP contribution in [0.25, 0.3) is 0 Å². The van der Waals surface area contributed by atoms with Crippen LogP contribution in [-0.2, 0) is 17.6 Å². The Morgan fingerprint density at radius 2 is 2.00 bits per heavy atom. The normalized spacial score (nSPS) is 28.5. The summed E-state index contributed by atoms with van der Waals surface area (Å²) in [5, 5.41) is 6.25. The van der Waals surface area contributed by atoms with Crippen LogP contribution in [0.4, 0.5) is 0 Å². The Morgan fingerprint density at radius 1 is 1.17 bits per heavy atom. The predicted octanol–water partition coefficient (Wildman–Crippen LogP) is 1.51. The van der Waals surface area contributed by atoms with Gasteiger partial charge in [-0.2, -0.15) is 0 Å². The minimum atomic E-state index is -0.507. The van der Waals surface area contributed by atoms with E-state index in [9.17, 15) is 14.4 Å². The molecule has 2 amide bonds. The van der Waals surface area contributed by atoms with E-state index in [-0.39, 0.29) is 29.0 Å². The molecule has 0 spiro atoms. The van der Waals surface area contributed by atoms with Gasteiger partial charge in [-0.3, -0.25) is 19.3 Å². The van der Waals surface area contributed by atoms with Crippen molar-refractivity contribution in [1.29, 1.82) is 0 Å². The zero-order valence-corrected chi connectivity index (χ0v) is 17.6. The molecular formula is C23H32N4O3. The van der Waals surface area contributed by atoms with Crippen LogP contribution >= 0.6 is 0 Å². The monoisotopic (exact) mass is 412 g/mol. The molecule has 2 aliphatic carbocycles. The van der Waals surface area contributed by atoms with Crippen LogP contribution < -0.4 is 16.2 Å². The van der Waals surface area contributed by atoms with Gasteiger partial charge in [-0.15, -0.1) is 0 Å². The van der Waals surface area contributed by atoms with Crippen LogP contribution in [0.5, 0.6) is 0 Å². The molecule has 1 aromatic heterocycles. The first-order valence-corrected chi connectivity index (χ1v) is 11.6. The molecule has 0 bridgehead atoms. The van der Waals surface area contributed by atoms with Crippen LogP contribution in [0.15, 0.2) is 10.9 Å². The Labute approximate surface area is 177 Å². The minimum absolute atomic E-state index is 0.113. The fraction of sp³-hybridized carbons (Fsp3) is 0.696. The van der Waals surface area contributed by atoms with E-state index in [0.29, 0.717) is 18.9 Å². The molecular weight excluding hydrogens is 380 g/mol. The second-order valence-corrected chi connectivity index (χ2v) is 9.69. The number of pyridine rings is 1. The van der Waals surface area contributed by atoms with Gasteiger partial charge in [0.1, 0.15) is 11.1 Å². The highest BCUT2D eigenvalue weighted by Gasteiger charge is 2.52. The second kappa shape index (κ2) is 7.84. The third-order valence-electron chi connectivity index (χ3n) is 7.49. The molecule has 5 rings (SSSR count). The number of piperidine rings is 1. The Kier molecular flexibility index (Phi) is 5.17. The quantitative estimate of drug-likeness (QED) is 0.683. The Morgan fingerprint density at radius 3 is 2.83 bits per heavy atom. The molecule has 0 unspecified atom stereocenters. The summed E-state index contributed by atoms with van der Waals surface area (Å²) in [5.74, 6) is 0.454. The Balaban J connectivity index is 1.30. The van der Waals surface area contributed by atoms with Crippen molar-refractivity contribution in [3.8, 4) is 0 Å². The number of nitrogens with one attached hydrogen (secondary N) is 3. The van der Waals surface area contributed by atoms with E-state index >= 15 is 0 Å². The fourth-order valence-electron chi connectivity index (χ4n) is 5.60. The maximum absolute atomic E-state index is 13.1. The van der Waals surface area contributed by atoms with Gasteiger partial charge in [0, 0.05) is 24.8 Å². The van der Waals surface area contributed by atoms with Gasteiger partial charge >= 0.3 is 0 Å². The number of carbonyl (C=O) groups excluding carboxylic acids is 2. The van der Waals surface area contributed by atoms with Crippen LogP contribution in [-0.4, -0.2) is 52.9 Å². The van der Waals surface area contributed by atoms with Gasteiger partial charge in [-0.25, -0.2) is 0 Å². The summed E-state index contributed by atoms with van der Waals surface area (Å²) in [7, 11) is 0. The Hall–Kier alpha value is -2.15. The van der Waals surface area contributed by atoms with E-state index in [1.807, 2.05) is 0 Å². The smallest absolute Gasteiger partial charge is 0.261 e. The van der Waals surface area contributed by atoms with E-state index < -0.39 is 5.54 Å². The molecule has 2 aliphatic heterocycles. The lowest BCUT2D eigenvalue weighted by molar-refractivity contribution is -0.133. The van der Waals surface area contributed by atoms with Crippen molar-refractivity contribution in [1.82, 2.24) is 20.5 Å². The lowest BCUT2D eigenvalue weighted by Gasteiger charge is -2.40. The number of hydrogen-bond acceptors (Lipinski definition) is 4. The van der Waals surface area contributed by atoms with Crippen molar-refractivity contribution in [3.63, 3.8) is 0 Å². The van der Waals surface area contributed by atoms with Crippen LogP contribution in [0.2, 0.25) is 0 Å². The molecule has 2 atom stereocenters. The van der Waals surface area contributed by atoms with E-state index in [0.717, 1.165) is 69.3 Å². The number of hydrogen-bond donors (Lipinski definition) is 3. The van der Waals surface area contributed by atoms with Gasteiger partial charge in [-0.05, 0) is 88.3 Å². The lowest BCUT2D eigenvalue weighted by atomic mass is 9.84. The molecule has 4 aliphatic rings. The third kappa shape index (κ3) is 3.68. The summed E-state index contributed by atoms with van der Waals surface area (Å²) >= 11 is 0. The Bertz CT molecular complexity index is 906. The minimum Gasteiger partial charge on any atom is -0.354 e. The topological polar surface area (TPSA) is 94.3 Å². The molecule has 1 saturated carbocycles. The summed E-state index contributed by atoms with van der Waals surface area (Å²) in [6, 6.07) is 1.67. The maximum atomic E-state index is 13.1. The van der Waals surface area contributed by atoms with Crippen LogP contribution in [0.3, 0.4) is 0 Å². The molecule has 1 aromatic rings. The van der Waals surface area contributed by atoms with Crippen LogP contribution in [0.1, 0.15) is 73.0 Å². The number of rotatable bonds is 5. The van der Waals surface area contributed by atoms with Gasteiger partial charge in [-0.1, -0.05) is 0 Å². The first kappa shape index (κ1) is 19.8. The molecule has 30 heavy (non-hydrogen) atoms. The summed E-state index contributed by atoms with van der Waals surface area (Å²) in [6.07, 6.45) is 9.98. The summed E-state index contributed by atoms with van der Waals surface area (Å²) in [6.45, 7) is 2.34. The van der Waals surface area contributed by atoms with E-state index in [1.54, 1.807) is 6.07 Å². The summed E-state index contributed by atoms with van der Waals surface area (Å²) < 4.78 is 0. The molecule has 7 heteroatoms. The van der Waals surface area contributed by atoms with Crippen molar-refractivity contribution in [3.05, 3.63) is 33.2 Å². The molecule has 0 aromatic carbocycles. The van der Waals surface area contributed by atoms with Gasteiger partial charge in [0.2, 0.25) is 5.91 Å². The number of nitrogens with zero attached hydrogens (tertiary/aromatic N) is 1. The number of fused-ring (bicyclic) bond motifs is 2. The van der Waals surface area contributed by atoms with Crippen molar-refractivity contribution >= 4 is 11.8 Å². The molecule has 7 nitrogen and oxygen atoms in total. The van der Waals surface area contributed by atoms with Gasteiger partial charge in [0.15, 0.2) is 0 Å². The van der Waals surface area contributed by atoms with Crippen molar-refractivity contribution in [2.45, 2.75) is 75.8 Å². The first-order chi connectivity index (χ1) is 14.5. The number of H-pyrrole nitrogens is 1. The average Bonchev–Trinajstić information content (AvgIpc) is 3.50. The maximum Gasteiger partial charge on any atom is 0.261 e. The highest BCUT2D eigenvalue weighted by atomic mass is 16.2.